The van der Waals surface area contributed by atoms with Gasteiger partial charge in [0.05, 0.1) is 23.8 Å². The van der Waals surface area contributed by atoms with E-state index in [-0.39, 0.29) is 30.5 Å². The van der Waals surface area contributed by atoms with Crippen LogP contribution in [0.5, 0.6) is 0 Å². The first-order chi connectivity index (χ1) is 11.9. The lowest BCUT2D eigenvalue weighted by molar-refractivity contribution is 0.471. The zero-order valence-corrected chi connectivity index (χ0v) is 19.7. The largest absolute Gasteiger partial charge is 0.357 e. The first kappa shape index (κ1) is 23.3. The Kier molecular flexibility index (Phi) is 10.00. The molecule has 2 heterocycles. The Hall–Kier alpha value is -0.760. The van der Waals surface area contributed by atoms with Crippen LogP contribution in [0.25, 0.3) is 0 Å². The van der Waals surface area contributed by atoms with Crippen LogP contribution in [0.2, 0.25) is 0 Å². The molecule has 0 aliphatic heterocycles. The number of halogens is 1. The van der Waals surface area contributed by atoms with Crippen molar-refractivity contribution in [2.45, 2.75) is 24.6 Å². The Balaban J connectivity index is 0.00000338. The number of nitrogens with one attached hydrogen (secondary N) is 2. The van der Waals surface area contributed by atoms with Crippen LogP contribution in [0.15, 0.2) is 32.1 Å². The van der Waals surface area contributed by atoms with Gasteiger partial charge in [-0.25, -0.2) is 18.1 Å². The maximum atomic E-state index is 12.1. The minimum Gasteiger partial charge on any atom is -0.357 e. The fourth-order valence-electron chi connectivity index (χ4n) is 2.10. The molecule has 0 spiro atoms. The third-order valence-corrected chi connectivity index (χ3v) is 6.87. The second-order valence-corrected chi connectivity index (χ2v) is 9.28. The summed E-state index contributed by atoms with van der Waals surface area (Å²) >= 11 is 2.82. The van der Waals surface area contributed by atoms with Gasteiger partial charge in [0.1, 0.15) is 4.21 Å². The van der Waals surface area contributed by atoms with Gasteiger partial charge in [-0.1, -0.05) is 6.07 Å². The van der Waals surface area contributed by atoms with E-state index in [9.17, 15) is 8.42 Å². The second-order valence-electron chi connectivity index (χ2n) is 5.28. The first-order valence-electron chi connectivity index (χ1n) is 7.86. The zero-order chi connectivity index (χ0) is 18.3. The summed E-state index contributed by atoms with van der Waals surface area (Å²) in [5.41, 5.74) is 0.994. The van der Waals surface area contributed by atoms with Gasteiger partial charge >= 0.3 is 0 Å². The number of hydrogen-bond acceptors (Lipinski definition) is 6. The number of aromatic nitrogens is 1. The maximum Gasteiger partial charge on any atom is 0.250 e. The van der Waals surface area contributed by atoms with Crippen molar-refractivity contribution in [3.05, 3.63) is 33.6 Å². The predicted octanol–water partition coefficient (Wildman–Crippen LogP) is 2.51. The summed E-state index contributed by atoms with van der Waals surface area (Å²) < 4.78 is 27.0. The number of aliphatic imine (C=N–C) groups is 1. The Morgan fingerprint density at radius 1 is 1.38 bits per heavy atom. The van der Waals surface area contributed by atoms with Crippen molar-refractivity contribution < 1.29 is 8.42 Å². The van der Waals surface area contributed by atoms with Gasteiger partial charge in [0.2, 0.25) is 10.0 Å². The summed E-state index contributed by atoms with van der Waals surface area (Å²) in [5.74, 6) is 0.725. The third-order valence-electron chi connectivity index (χ3n) is 3.19. The molecule has 0 bridgehead atoms. The molecule has 0 saturated heterocycles. The molecule has 2 N–H and O–H groups in total. The molecule has 0 aliphatic carbocycles. The number of guanidine groups is 1. The third kappa shape index (κ3) is 7.10. The van der Waals surface area contributed by atoms with E-state index in [2.05, 4.69) is 20.0 Å². The monoisotopic (exact) mass is 529 g/mol. The quantitative estimate of drug-likeness (QED) is 0.238. The van der Waals surface area contributed by atoms with Crippen LogP contribution in [0.4, 0.5) is 0 Å². The van der Waals surface area contributed by atoms with Crippen molar-refractivity contribution >= 4 is 62.6 Å². The summed E-state index contributed by atoms with van der Waals surface area (Å²) in [7, 11) is -1.50. The van der Waals surface area contributed by atoms with E-state index in [1.54, 1.807) is 28.8 Å². The molecule has 0 aromatic carbocycles. The summed E-state index contributed by atoms with van der Waals surface area (Å²) in [6, 6.07) is 3.31. The number of nitrogens with zero attached hydrogens (tertiary/aromatic N) is 3. The Labute approximate surface area is 180 Å². The zero-order valence-electron chi connectivity index (χ0n) is 14.9. The molecule has 26 heavy (non-hydrogen) atoms. The highest BCUT2D eigenvalue weighted by atomic mass is 127. The molecule has 0 radical (unpaired) electrons. The van der Waals surface area contributed by atoms with Crippen molar-refractivity contribution in [2.24, 2.45) is 4.99 Å². The molecular weight excluding hydrogens is 505 g/mol. The molecule has 7 nitrogen and oxygen atoms in total. The van der Waals surface area contributed by atoms with Crippen molar-refractivity contribution in [2.75, 3.05) is 26.7 Å². The minimum atomic E-state index is -3.44. The van der Waals surface area contributed by atoms with Crippen LogP contribution in [0.3, 0.4) is 0 Å². The van der Waals surface area contributed by atoms with E-state index in [1.807, 2.05) is 31.2 Å². The van der Waals surface area contributed by atoms with Gasteiger partial charge in [-0.15, -0.1) is 46.7 Å². The number of thiophene rings is 1. The summed E-state index contributed by atoms with van der Waals surface area (Å²) in [4.78, 5) is 10.9. The average Bonchev–Trinajstić information content (AvgIpc) is 3.22. The standard InChI is InChI=1S/C15H23N5O2S3.HI/c1-4-16-15(20(3)10-13-11-24-12(2)19-13)17-7-8-18-25(21,22)14-6-5-9-23-14;/h5-6,9,11,18H,4,7-8,10H2,1-3H3,(H,16,17);1H. The number of thiazole rings is 1. The molecule has 0 aliphatic rings. The molecule has 0 atom stereocenters. The first-order valence-corrected chi connectivity index (χ1v) is 11.1. The highest BCUT2D eigenvalue weighted by Gasteiger charge is 2.14. The molecule has 0 fully saturated rings. The van der Waals surface area contributed by atoms with Gasteiger partial charge in [-0.05, 0) is 25.3 Å². The molecule has 0 amide bonds. The van der Waals surface area contributed by atoms with Gasteiger partial charge in [-0.2, -0.15) is 0 Å². The lowest BCUT2D eigenvalue weighted by Gasteiger charge is -2.21. The van der Waals surface area contributed by atoms with Crippen LogP contribution in [0.1, 0.15) is 17.6 Å². The van der Waals surface area contributed by atoms with E-state index < -0.39 is 10.0 Å². The lowest BCUT2D eigenvalue weighted by Crippen LogP contribution is -2.39. The molecule has 2 rings (SSSR count). The fraction of sp³-hybridized carbons (Fsp3) is 0.467. The van der Waals surface area contributed by atoms with E-state index in [0.717, 1.165) is 23.2 Å². The number of aryl methyl sites for hydroxylation is 1. The van der Waals surface area contributed by atoms with Gasteiger partial charge in [-0.3, -0.25) is 4.99 Å². The number of sulfonamides is 1. The summed E-state index contributed by atoms with van der Waals surface area (Å²) in [6.45, 7) is 5.96. The van der Waals surface area contributed by atoms with Crippen molar-refractivity contribution in [3.8, 4) is 0 Å². The van der Waals surface area contributed by atoms with E-state index >= 15 is 0 Å². The van der Waals surface area contributed by atoms with Crippen LogP contribution in [-0.4, -0.2) is 50.9 Å². The van der Waals surface area contributed by atoms with Crippen LogP contribution in [-0.2, 0) is 16.6 Å². The predicted molar refractivity (Wildman–Crippen MR) is 119 cm³/mol. The van der Waals surface area contributed by atoms with Gasteiger partial charge in [0, 0.05) is 25.5 Å². The maximum absolute atomic E-state index is 12.1. The Bertz CT molecular complexity index is 790. The topological polar surface area (TPSA) is 86.7 Å². The lowest BCUT2D eigenvalue weighted by atomic mass is 10.4. The van der Waals surface area contributed by atoms with Gasteiger partial charge in [0.15, 0.2) is 5.96 Å². The van der Waals surface area contributed by atoms with Crippen LogP contribution in [0, 0.1) is 6.92 Å². The SMILES string of the molecule is CCNC(=NCCNS(=O)(=O)c1cccs1)N(C)Cc1csc(C)n1.I. The number of hydrogen-bond donors (Lipinski definition) is 2. The average molecular weight is 529 g/mol. The molecule has 146 valence electrons. The molecule has 2 aromatic heterocycles. The second kappa shape index (κ2) is 11.2. The van der Waals surface area contributed by atoms with Gasteiger partial charge in [0.25, 0.3) is 0 Å². The molecule has 2 aromatic rings. The summed E-state index contributed by atoms with van der Waals surface area (Å²) in [5, 5.41) is 8.02. The Morgan fingerprint density at radius 3 is 2.73 bits per heavy atom. The smallest absolute Gasteiger partial charge is 0.250 e. The van der Waals surface area contributed by atoms with E-state index in [0.29, 0.717) is 17.3 Å². The minimum absolute atomic E-state index is 0. The molecule has 0 saturated carbocycles. The Morgan fingerprint density at radius 2 is 2.15 bits per heavy atom. The molecule has 11 heteroatoms. The summed E-state index contributed by atoms with van der Waals surface area (Å²) in [6.07, 6.45) is 0. The molecule has 0 unspecified atom stereocenters. The fourth-order valence-corrected chi connectivity index (χ4v) is 4.76. The van der Waals surface area contributed by atoms with Crippen molar-refractivity contribution in [1.29, 1.82) is 0 Å². The normalized spacial score (nSPS) is 11.9. The highest BCUT2D eigenvalue weighted by molar-refractivity contribution is 14.0. The van der Waals surface area contributed by atoms with Crippen LogP contribution < -0.4 is 10.0 Å². The highest BCUT2D eigenvalue weighted by Crippen LogP contribution is 2.14. The van der Waals surface area contributed by atoms with Crippen molar-refractivity contribution in [1.82, 2.24) is 19.9 Å². The van der Waals surface area contributed by atoms with Crippen LogP contribution >= 0.6 is 46.7 Å². The van der Waals surface area contributed by atoms with Gasteiger partial charge < -0.3 is 10.2 Å². The van der Waals surface area contributed by atoms with E-state index in [4.69, 9.17) is 0 Å². The number of rotatable bonds is 8. The van der Waals surface area contributed by atoms with Crippen molar-refractivity contribution in [3.63, 3.8) is 0 Å². The van der Waals surface area contributed by atoms with E-state index in [1.165, 1.54) is 11.3 Å². The molecular formula is C15H24IN5O2S3.